The summed E-state index contributed by atoms with van der Waals surface area (Å²) in [6.45, 7) is 1.26. The molecule has 0 bridgehead atoms. The van der Waals surface area contributed by atoms with Crippen molar-refractivity contribution in [1.29, 1.82) is 0 Å². The third-order valence-corrected chi connectivity index (χ3v) is 6.03. The maximum absolute atomic E-state index is 13.4. The largest absolute Gasteiger partial charge is 0.365 e. The highest BCUT2D eigenvalue weighted by molar-refractivity contribution is 7.22. The first-order valence-electron chi connectivity index (χ1n) is 8.72. The minimum atomic E-state index is -0.221. The van der Waals surface area contributed by atoms with Gasteiger partial charge in [-0.05, 0) is 60.0 Å². The van der Waals surface area contributed by atoms with Crippen molar-refractivity contribution in [2.75, 3.05) is 29.9 Å². The standard InChI is InChI=1S/C20H20FN3OS/c1-23(20-11-15-10-16(21)4-5-19(15)26-20)8-9-24(13-25)18-12-22-7-6-17(18)14-2-3-14/h4-7,10-14H,2-3,8-9H2,1H3. The number of likely N-dealkylation sites (N-methyl/N-ethyl adjacent to an activating group) is 1. The van der Waals surface area contributed by atoms with E-state index in [2.05, 4.69) is 9.88 Å². The number of aromatic nitrogens is 1. The fraction of sp³-hybridized carbons (Fsp3) is 0.300. The lowest BCUT2D eigenvalue weighted by atomic mass is 10.1. The van der Waals surface area contributed by atoms with E-state index in [0.29, 0.717) is 19.0 Å². The molecule has 1 aromatic carbocycles. The summed E-state index contributed by atoms with van der Waals surface area (Å²) in [7, 11) is 2.00. The predicted octanol–water partition coefficient (Wildman–Crippen LogP) is 4.41. The molecule has 134 valence electrons. The van der Waals surface area contributed by atoms with Crippen LogP contribution in [-0.2, 0) is 4.79 Å². The van der Waals surface area contributed by atoms with Crippen LogP contribution >= 0.6 is 11.3 Å². The molecule has 0 radical (unpaired) electrons. The van der Waals surface area contributed by atoms with Crippen LogP contribution in [0.1, 0.15) is 24.3 Å². The first-order chi connectivity index (χ1) is 12.7. The lowest BCUT2D eigenvalue weighted by Gasteiger charge is -2.24. The highest BCUT2D eigenvalue weighted by Crippen LogP contribution is 2.43. The molecule has 4 nitrogen and oxygen atoms in total. The molecule has 3 aromatic rings. The summed E-state index contributed by atoms with van der Waals surface area (Å²) in [6.07, 6.45) is 6.83. The molecule has 1 aliphatic rings. The zero-order chi connectivity index (χ0) is 18.1. The molecule has 6 heteroatoms. The number of pyridine rings is 1. The number of amides is 1. The van der Waals surface area contributed by atoms with Gasteiger partial charge in [0.1, 0.15) is 5.82 Å². The Labute approximate surface area is 155 Å². The molecule has 0 spiro atoms. The number of halogens is 1. The summed E-state index contributed by atoms with van der Waals surface area (Å²) in [5, 5.41) is 1.97. The maximum atomic E-state index is 13.4. The number of hydrogen-bond donors (Lipinski definition) is 0. The molecule has 0 atom stereocenters. The third kappa shape index (κ3) is 3.42. The van der Waals surface area contributed by atoms with Gasteiger partial charge in [0.05, 0.1) is 16.9 Å². The Morgan fingerprint density at radius 2 is 2.12 bits per heavy atom. The van der Waals surface area contributed by atoms with Crippen molar-refractivity contribution in [3.63, 3.8) is 0 Å². The van der Waals surface area contributed by atoms with Crippen LogP contribution in [0, 0.1) is 5.82 Å². The summed E-state index contributed by atoms with van der Waals surface area (Å²) in [5.41, 5.74) is 2.13. The number of hydrogen-bond acceptors (Lipinski definition) is 4. The molecule has 1 fully saturated rings. The molecule has 0 saturated heterocycles. The summed E-state index contributed by atoms with van der Waals surface area (Å²) < 4.78 is 14.4. The number of fused-ring (bicyclic) bond motifs is 1. The molecule has 4 rings (SSSR count). The molecule has 2 heterocycles. The molecular formula is C20H20FN3OS. The van der Waals surface area contributed by atoms with E-state index >= 15 is 0 Å². The Morgan fingerprint density at radius 3 is 2.88 bits per heavy atom. The number of benzene rings is 1. The maximum Gasteiger partial charge on any atom is 0.214 e. The van der Waals surface area contributed by atoms with Crippen LogP contribution in [0.25, 0.3) is 10.1 Å². The molecule has 0 unspecified atom stereocenters. The van der Waals surface area contributed by atoms with E-state index in [4.69, 9.17) is 0 Å². The van der Waals surface area contributed by atoms with Crippen LogP contribution in [0.15, 0.2) is 42.7 Å². The van der Waals surface area contributed by atoms with Gasteiger partial charge in [0.15, 0.2) is 0 Å². The van der Waals surface area contributed by atoms with Gasteiger partial charge < -0.3 is 9.80 Å². The Balaban J connectivity index is 1.48. The lowest BCUT2D eigenvalue weighted by molar-refractivity contribution is -0.107. The van der Waals surface area contributed by atoms with Gasteiger partial charge in [-0.15, -0.1) is 11.3 Å². The van der Waals surface area contributed by atoms with Crippen LogP contribution in [0.4, 0.5) is 15.1 Å². The number of thiophene rings is 1. The van der Waals surface area contributed by atoms with E-state index in [1.807, 2.05) is 25.2 Å². The van der Waals surface area contributed by atoms with E-state index in [1.165, 1.54) is 24.5 Å². The minimum Gasteiger partial charge on any atom is -0.365 e. The van der Waals surface area contributed by atoms with Crippen molar-refractivity contribution in [3.8, 4) is 0 Å². The second-order valence-corrected chi connectivity index (χ2v) is 7.76. The van der Waals surface area contributed by atoms with Gasteiger partial charge >= 0.3 is 0 Å². The second-order valence-electron chi connectivity index (χ2n) is 6.70. The van der Waals surface area contributed by atoms with Crippen LogP contribution in [-0.4, -0.2) is 31.5 Å². The molecule has 1 saturated carbocycles. The highest BCUT2D eigenvalue weighted by atomic mass is 32.1. The monoisotopic (exact) mass is 369 g/mol. The molecule has 26 heavy (non-hydrogen) atoms. The minimum absolute atomic E-state index is 0.221. The molecule has 2 aromatic heterocycles. The smallest absolute Gasteiger partial charge is 0.214 e. The van der Waals surface area contributed by atoms with E-state index in [0.717, 1.165) is 27.2 Å². The van der Waals surface area contributed by atoms with E-state index in [1.54, 1.807) is 34.7 Å². The van der Waals surface area contributed by atoms with Gasteiger partial charge in [0, 0.05) is 31.0 Å². The normalized spacial score (nSPS) is 13.8. The summed E-state index contributed by atoms with van der Waals surface area (Å²) >= 11 is 1.63. The lowest BCUT2D eigenvalue weighted by Crippen LogP contribution is -2.32. The van der Waals surface area contributed by atoms with E-state index in [9.17, 15) is 9.18 Å². The first-order valence-corrected chi connectivity index (χ1v) is 9.53. The number of rotatable bonds is 7. The van der Waals surface area contributed by atoms with Crippen LogP contribution in [0.3, 0.4) is 0 Å². The molecular weight excluding hydrogens is 349 g/mol. The molecule has 0 aliphatic heterocycles. The zero-order valence-corrected chi connectivity index (χ0v) is 15.4. The van der Waals surface area contributed by atoms with Gasteiger partial charge in [0.2, 0.25) is 6.41 Å². The molecule has 1 aliphatic carbocycles. The van der Waals surface area contributed by atoms with E-state index < -0.39 is 0 Å². The Hall–Kier alpha value is -2.47. The van der Waals surface area contributed by atoms with Crippen molar-refractivity contribution in [2.24, 2.45) is 0 Å². The first kappa shape index (κ1) is 17.0. The molecule has 0 N–H and O–H groups in total. The topological polar surface area (TPSA) is 36.4 Å². The quantitative estimate of drug-likeness (QED) is 0.579. The van der Waals surface area contributed by atoms with Crippen molar-refractivity contribution in [1.82, 2.24) is 4.98 Å². The average molecular weight is 369 g/mol. The van der Waals surface area contributed by atoms with Crippen LogP contribution in [0.2, 0.25) is 0 Å². The molecule has 1 amide bonds. The van der Waals surface area contributed by atoms with Gasteiger partial charge in [-0.25, -0.2) is 4.39 Å². The predicted molar refractivity (Wildman–Crippen MR) is 105 cm³/mol. The fourth-order valence-electron chi connectivity index (χ4n) is 3.16. The number of carbonyl (C=O) groups excluding carboxylic acids is 1. The Kier molecular flexibility index (Phi) is 4.59. The Bertz CT molecular complexity index is 938. The second kappa shape index (κ2) is 7.03. The number of nitrogens with zero attached hydrogens (tertiary/aromatic N) is 3. The summed E-state index contributed by atoms with van der Waals surface area (Å²) in [6, 6.07) is 8.86. The van der Waals surface area contributed by atoms with E-state index in [-0.39, 0.29) is 5.82 Å². The zero-order valence-electron chi connectivity index (χ0n) is 14.6. The van der Waals surface area contributed by atoms with Crippen molar-refractivity contribution in [3.05, 3.63) is 54.1 Å². The summed E-state index contributed by atoms with van der Waals surface area (Å²) in [4.78, 5) is 19.7. The van der Waals surface area contributed by atoms with Crippen molar-refractivity contribution in [2.45, 2.75) is 18.8 Å². The van der Waals surface area contributed by atoms with Crippen molar-refractivity contribution >= 4 is 38.5 Å². The Morgan fingerprint density at radius 1 is 1.27 bits per heavy atom. The number of anilines is 2. The van der Waals surface area contributed by atoms with Gasteiger partial charge in [0.25, 0.3) is 0 Å². The van der Waals surface area contributed by atoms with Gasteiger partial charge in [-0.1, -0.05) is 0 Å². The van der Waals surface area contributed by atoms with Gasteiger partial charge in [-0.2, -0.15) is 0 Å². The summed E-state index contributed by atoms with van der Waals surface area (Å²) in [5.74, 6) is 0.339. The SMILES string of the molecule is CN(CCN(C=O)c1cnccc1C1CC1)c1cc2cc(F)ccc2s1. The number of carbonyl (C=O) groups is 1. The van der Waals surface area contributed by atoms with Crippen LogP contribution < -0.4 is 9.80 Å². The van der Waals surface area contributed by atoms with Crippen LogP contribution in [0.5, 0.6) is 0 Å². The fourth-order valence-corrected chi connectivity index (χ4v) is 4.19. The highest BCUT2D eigenvalue weighted by Gasteiger charge is 2.27. The third-order valence-electron chi connectivity index (χ3n) is 4.80. The van der Waals surface area contributed by atoms with Gasteiger partial charge in [-0.3, -0.25) is 9.78 Å². The average Bonchev–Trinajstić information content (AvgIpc) is 3.41. The van der Waals surface area contributed by atoms with Crippen molar-refractivity contribution < 1.29 is 9.18 Å².